The van der Waals surface area contributed by atoms with Crippen molar-refractivity contribution in [1.29, 1.82) is 0 Å². The van der Waals surface area contributed by atoms with Gasteiger partial charge in [-0.15, -0.1) is 0 Å². The number of nitrogen functional groups attached to an aromatic ring is 1. The quantitative estimate of drug-likeness (QED) is 0.821. The van der Waals surface area contributed by atoms with Gasteiger partial charge < -0.3 is 15.0 Å². The van der Waals surface area contributed by atoms with Crippen molar-refractivity contribution < 1.29 is 9.26 Å². The third-order valence-electron chi connectivity index (χ3n) is 2.85. The Hall–Kier alpha value is -1.97. The minimum absolute atomic E-state index is 0.369. The molecule has 96 valence electrons. The predicted octanol–water partition coefficient (Wildman–Crippen LogP) is 3.41. The number of aromatic nitrogens is 1. The highest BCUT2D eigenvalue weighted by atomic mass is 16.5. The Morgan fingerprint density at radius 3 is 2.56 bits per heavy atom. The Morgan fingerprint density at radius 1 is 1.28 bits per heavy atom. The summed E-state index contributed by atoms with van der Waals surface area (Å²) in [6.07, 6.45) is 2.20. The predicted molar refractivity (Wildman–Crippen MR) is 71.5 cm³/mol. The minimum atomic E-state index is 0.369. The second-order valence-corrected chi connectivity index (χ2v) is 4.25. The molecule has 1 heterocycles. The summed E-state index contributed by atoms with van der Waals surface area (Å²) in [7, 11) is 0. The zero-order valence-corrected chi connectivity index (χ0v) is 10.8. The summed E-state index contributed by atoms with van der Waals surface area (Å²) in [4.78, 5) is 0. The van der Waals surface area contributed by atoms with Crippen LogP contribution in [0.1, 0.15) is 25.3 Å². The van der Waals surface area contributed by atoms with Crippen LogP contribution in [0.15, 0.2) is 28.8 Å². The van der Waals surface area contributed by atoms with Gasteiger partial charge in [-0.05, 0) is 37.6 Å². The molecule has 2 rings (SSSR count). The fourth-order valence-electron chi connectivity index (χ4n) is 1.66. The number of rotatable bonds is 5. The summed E-state index contributed by atoms with van der Waals surface area (Å²) in [6.45, 7) is 4.79. The summed E-state index contributed by atoms with van der Waals surface area (Å²) in [5.74, 6) is 1.24. The van der Waals surface area contributed by atoms with E-state index in [-0.39, 0.29) is 0 Å². The van der Waals surface area contributed by atoms with Crippen LogP contribution < -0.4 is 10.5 Å². The number of benzene rings is 1. The van der Waals surface area contributed by atoms with Crippen LogP contribution >= 0.6 is 0 Å². The van der Waals surface area contributed by atoms with Crippen molar-refractivity contribution in [3.8, 4) is 17.0 Å². The molecule has 0 aliphatic carbocycles. The maximum Gasteiger partial charge on any atom is 0.225 e. The van der Waals surface area contributed by atoms with Crippen molar-refractivity contribution in [2.24, 2.45) is 0 Å². The smallest absolute Gasteiger partial charge is 0.225 e. The van der Waals surface area contributed by atoms with Crippen LogP contribution in [0, 0.1) is 6.92 Å². The first-order valence-corrected chi connectivity index (χ1v) is 6.17. The van der Waals surface area contributed by atoms with E-state index in [0.29, 0.717) is 5.88 Å². The first kappa shape index (κ1) is 12.5. The molecule has 0 saturated heterocycles. The van der Waals surface area contributed by atoms with E-state index >= 15 is 0 Å². The van der Waals surface area contributed by atoms with Crippen molar-refractivity contribution in [3.63, 3.8) is 0 Å². The largest absolute Gasteiger partial charge is 0.494 e. The van der Waals surface area contributed by atoms with Gasteiger partial charge in [-0.2, -0.15) is 0 Å². The second-order valence-electron chi connectivity index (χ2n) is 4.25. The molecule has 4 nitrogen and oxygen atoms in total. The molecule has 0 unspecified atom stereocenters. The molecule has 1 aromatic carbocycles. The van der Waals surface area contributed by atoms with Crippen LogP contribution in [0.2, 0.25) is 0 Å². The van der Waals surface area contributed by atoms with Gasteiger partial charge in [-0.25, -0.2) is 0 Å². The zero-order chi connectivity index (χ0) is 13.0. The van der Waals surface area contributed by atoms with Gasteiger partial charge in [-0.3, -0.25) is 0 Å². The van der Waals surface area contributed by atoms with Crippen molar-refractivity contribution in [3.05, 3.63) is 29.8 Å². The summed E-state index contributed by atoms with van der Waals surface area (Å²) in [5, 5.41) is 3.95. The molecule has 0 bridgehead atoms. The molecule has 0 spiro atoms. The molecule has 2 aromatic rings. The van der Waals surface area contributed by atoms with Crippen LogP contribution in [0.4, 0.5) is 5.88 Å². The first-order chi connectivity index (χ1) is 8.72. The van der Waals surface area contributed by atoms with Gasteiger partial charge in [0.2, 0.25) is 5.88 Å². The molecule has 2 N–H and O–H groups in total. The monoisotopic (exact) mass is 246 g/mol. The van der Waals surface area contributed by atoms with Gasteiger partial charge in [0.05, 0.1) is 6.61 Å². The normalized spacial score (nSPS) is 10.6. The van der Waals surface area contributed by atoms with Gasteiger partial charge >= 0.3 is 0 Å². The van der Waals surface area contributed by atoms with Gasteiger partial charge in [-0.1, -0.05) is 18.5 Å². The number of hydrogen-bond donors (Lipinski definition) is 1. The maximum atomic E-state index is 5.64. The topological polar surface area (TPSA) is 61.3 Å². The number of nitrogens with zero attached hydrogens (tertiary/aromatic N) is 1. The fourth-order valence-corrected chi connectivity index (χ4v) is 1.66. The molecule has 0 amide bonds. The van der Waals surface area contributed by atoms with Gasteiger partial charge in [0.25, 0.3) is 0 Å². The first-order valence-electron chi connectivity index (χ1n) is 6.17. The number of hydrogen-bond acceptors (Lipinski definition) is 4. The molecule has 18 heavy (non-hydrogen) atoms. The number of nitrogens with two attached hydrogens (primary N) is 1. The molecule has 0 atom stereocenters. The average molecular weight is 246 g/mol. The number of ether oxygens (including phenoxy) is 1. The summed E-state index contributed by atoms with van der Waals surface area (Å²) >= 11 is 0. The lowest BCUT2D eigenvalue weighted by Gasteiger charge is -2.05. The SMILES string of the molecule is CCCCOc1ccc(-c2noc(N)c2C)cc1. The Morgan fingerprint density at radius 2 is 2.00 bits per heavy atom. The summed E-state index contributed by atoms with van der Waals surface area (Å²) in [5.41, 5.74) is 8.27. The lowest BCUT2D eigenvalue weighted by molar-refractivity contribution is 0.309. The van der Waals surface area contributed by atoms with Crippen molar-refractivity contribution in [1.82, 2.24) is 5.16 Å². The zero-order valence-electron chi connectivity index (χ0n) is 10.8. The van der Waals surface area contributed by atoms with E-state index in [1.807, 2.05) is 31.2 Å². The van der Waals surface area contributed by atoms with Crippen molar-refractivity contribution in [2.45, 2.75) is 26.7 Å². The van der Waals surface area contributed by atoms with Crippen LogP contribution in [0.3, 0.4) is 0 Å². The fraction of sp³-hybridized carbons (Fsp3) is 0.357. The molecule has 0 radical (unpaired) electrons. The van der Waals surface area contributed by atoms with Crippen molar-refractivity contribution >= 4 is 5.88 Å². The van der Waals surface area contributed by atoms with Crippen LogP contribution in [0.25, 0.3) is 11.3 Å². The van der Waals surface area contributed by atoms with Crippen LogP contribution in [-0.4, -0.2) is 11.8 Å². The minimum Gasteiger partial charge on any atom is -0.494 e. The molecule has 4 heteroatoms. The van der Waals surface area contributed by atoms with Gasteiger partial charge in [0.1, 0.15) is 11.4 Å². The molecule has 0 fully saturated rings. The van der Waals surface area contributed by atoms with Crippen LogP contribution in [-0.2, 0) is 0 Å². The Labute approximate surface area is 107 Å². The highest BCUT2D eigenvalue weighted by molar-refractivity contribution is 5.66. The van der Waals surface area contributed by atoms with E-state index in [4.69, 9.17) is 15.0 Å². The van der Waals surface area contributed by atoms with Crippen molar-refractivity contribution in [2.75, 3.05) is 12.3 Å². The van der Waals surface area contributed by atoms with E-state index in [0.717, 1.165) is 42.0 Å². The van der Waals surface area contributed by atoms with E-state index in [9.17, 15) is 0 Å². The second kappa shape index (κ2) is 5.58. The number of unbranched alkanes of at least 4 members (excludes halogenated alkanes) is 1. The van der Waals surface area contributed by atoms with E-state index in [2.05, 4.69) is 12.1 Å². The summed E-state index contributed by atoms with van der Waals surface area (Å²) in [6, 6.07) is 7.81. The standard InChI is InChI=1S/C14H18N2O2/c1-3-4-9-17-12-7-5-11(6-8-12)13-10(2)14(15)18-16-13/h5-8H,3-4,9,15H2,1-2H3. The van der Waals surface area contributed by atoms with E-state index < -0.39 is 0 Å². The van der Waals surface area contributed by atoms with Gasteiger partial charge in [0.15, 0.2) is 0 Å². The third-order valence-corrected chi connectivity index (χ3v) is 2.85. The van der Waals surface area contributed by atoms with E-state index in [1.54, 1.807) is 0 Å². The highest BCUT2D eigenvalue weighted by Crippen LogP contribution is 2.27. The van der Waals surface area contributed by atoms with Crippen LogP contribution in [0.5, 0.6) is 5.75 Å². The molecule has 0 saturated carbocycles. The maximum absolute atomic E-state index is 5.64. The number of anilines is 1. The lowest BCUT2D eigenvalue weighted by Crippen LogP contribution is -1.96. The lowest BCUT2D eigenvalue weighted by atomic mass is 10.1. The Bertz CT molecular complexity index is 503. The third kappa shape index (κ3) is 2.64. The highest BCUT2D eigenvalue weighted by Gasteiger charge is 2.10. The van der Waals surface area contributed by atoms with Gasteiger partial charge in [0, 0.05) is 11.1 Å². The summed E-state index contributed by atoms with van der Waals surface area (Å²) < 4.78 is 10.6. The molecule has 1 aromatic heterocycles. The average Bonchev–Trinajstić information content (AvgIpc) is 2.72. The Balaban J connectivity index is 2.10. The molecular formula is C14H18N2O2. The molecular weight excluding hydrogens is 228 g/mol. The van der Waals surface area contributed by atoms with E-state index in [1.165, 1.54) is 0 Å². The Kier molecular flexibility index (Phi) is 3.87. The molecule has 0 aliphatic heterocycles. The molecule has 0 aliphatic rings.